The summed E-state index contributed by atoms with van der Waals surface area (Å²) in [5.74, 6) is -0.663. The van der Waals surface area contributed by atoms with Gasteiger partial charge in [0.05, 0.1) is 37.1 Å². The molecule has 0 saturated carbocycles. The van der Waals surface area contributed by atoms with Crippen molar-refractivity contribution in [2.75, 3.05) is 25.7 Å². The highest BCUT2D eigenvalue weighted by Gasteiger charge is 2.25. The number of benzene rings is 2. The van der Waals surface area contributed by atoms with Gasteiger partial charge in [-0.1, -0.05) is 0 Å². The van der Waals surface area contributed by atoms with Crippen LogP contribution in [0.4, 0.5) is 14.5 Å². The third kappa shape index (κ3) is 4.02. The molecule has 2 heterocycles. The molecule has 32 heavy (non-hydrogen) atoms. The summed E-state index contributed by atoms with van der Waals surface area (Å²) in [6, 6.07) is 5.26. The smallest absolute Gasteiger partial charge is 0.261 e. The maximum absolute atomic E-state index is 14.1. The number of hydrogen-bond acceptors (Lipinski definition) is 5. The topological polar surface area (TPSA) is 73.7 Å². The molecular formula is C23H23F2N3O4. The number of aromatic nitrogens is 2. The van der Waals surface area contributed by atoms with Gasteiger partial charge in [-0.15, -0.1) is 0 Å². The van der Waals surface area contributed by atoms with Crippen molar-refractivity contribution in [3.05, 3.63) is 58.1 Å². The Morgan fingerprint density at radius 2 is 1.88 bits per heavy atom. The second-order valence-corrected chi connectivity index (χ2v) is 7.61. The summed E-state index contributed by atoms with van der Waals surface area (Å²) >= 11 is 0. The van der Waals surface area contributed by atoms with Crippen LogP contribution in [0, 0.1) is 11.6 Å². The predicted octanol–water partition coefficient (Wildman–Crippen LogP) is 3.45. The van der Waals surface area contributed by atoms with E-state index in [0.717, 1.165) is 6.07 Å². The van der Waals surface area contributed by atoms with E-state index < -0.39 is 11.6 Å². The summed E-state index contributed by atoms with van der Waals surface area (Å²) in [4.78, 5) is 31.4. The van der Waals surface area contributed by atoms with Crippen LogP contribution in [0.1, 0.15) is 24.8 Å². The number of aryl methyl sites for hydroxylation is 1. The molecular weight excluding hydrogens is 420 g/mol. The average Bonchev–Trinajstić information content (AvgIpc) is 2.79. The monoisotopic (exact) mass is 443 g/mol. The van der Waals surface area contributed by atoms with Crippen molar-refractivity contribution in [3.63, 3.8) is 0 Å². The van der Waals surface area contributed by atoms with Gasteiger partial charge in [0.2, 0.25) is 5.91 Å². The van der Waals surface area contributed by atoms with Crippen molar-refractivity contribution in [3.8, 4) is 11.5 Å². The minimum Gasteiger partial charge on any atom is -0.493 e. The van der Waals surface area contributed by atoms with Gasteiger partial charge in [-0.25, -0.2) is 13.8 Å². The van der Waals surface area contributed by atoms with Crippen LogP contribution in [0.2, 0.25) is 0 Å². The Kier molecular flexibility index (Phi) is 6.07. The Balaban J connectivity index is 1.49. The van der Waals surface area contributed by atoms with Gasteiger partial charge in [-0.3, -0.25) is 14.2 Å². The van der Waals surface area contributed by atoms with E-state index in [0.29, 0.717) is 59.5 Å². The first-order valence-electron chi connectivity index (χ1n) is 10.3. The largest absolute Gasteiger partial charge is 0.493 e. The van der Waals surface area contributed by atoms with Crippen LogP contribution in [0.3, 0.4) is 0 Å². The molecule has 0 saturated heterocycles. The van der Waals surface area contributed by atoms with Gasteiger partial charge in [0.15, 0.2) is 11.5 Å². The van der Waals surface area contributed by atoms with E-state index in [1.807, 2.05) is 0 Å². The lowest BCUT2D eigenvalue weighted by Gasteiger charge is -2.30. The zero-order valence-corrected chi connectivity index (χ0v) is 17.9. The van der Waals surface area contributed by atoms with Gasteiger partial charge in [-0.2, -0.15) is 0 Å². The lowest BCUT2D eigenvalue weighted by molar-refractivity contribution is -0.118. The van der Waals surface area contributed by atoms with E-state index in [-0.39, 0.29) is 24.4 Å². The third-order valence-corrected chi connectivity index (χ3v) is 5.66. The molecule has 9 heteroatoms. The highest BCUT2D eigenvalue weighted by molar-refractivity contribution is 5.94. The number of hydrogen-bond donors (Lipinski definition) is 0. The highest BCUT2D eigenvalue weighted by atomic mass is 19.1. The molecule has 0 unspecified atom stereocenters. The summed E-state index contributed by atoms with van der Waals surface area (Å²) in [6.07, 6.45) is 3.02. The quantitative estimate of drug-likeness (QED) is 0.584. The van der Waals surface area contributed by atoms with Gasteiger partial charge >= 0.3 is 0 Å². The number of carbonyl (C=O) groups excluding carboxylic acids is 1. The molecule has 4 rings (SSSR count). The van der Waals surface area contributed by atoms with Gasteiger partial charge < -0.3 is 14.4 Å². The maximum Gasteiger partial charge on any atom is 0.261 e. The minimum atomic E-state index is -0.707. The molecule has 0 fully saturated rings. The van der Waals surface area contributed by atoms with E-state index in [4.69, 9.17) is 9.47 Å². The third-order valence-electron chi connectivity index (χ3n) is 5.66. The van der Waals surface area contributed by atoms with Crippen molar-refractivity contribution in [1.82, 2.24) is 9.55 Å². The highest BCUT2D eigenvalue weighted by Crippen LogP contribution is 2.31. The number of amides is 1. The first kappa shape index (κ1) is 21.7. The summed E-state index contributed by atoms with van der Waals surface area (Å²) in [7, 11) is 2.99. The lowest BCUT2D eigenvalue weighted by atomic mass is 10.0. The summed E-state index contributed by atoms with van der Waals surface area (Å²) in [5.41, 5.74) is 0.888. The molecule has 0 N–H and O–H groups in total. The molecule has 1 aromatic heterocycles. The average molecular weight is 443 g/mol. The van der Waals surface area contributed by atoms with Crippen LogP contribution in [-0.2, 0) is 17.8 Å². The zero-order valence-electron chi connectivity index (χ0n) is 17.9. The number of ether oxygens (including phenoxy) is 2. The van der Waals surface area contributed by atoms with E-state index >= 15 is 0 Å². The molecule has 1 amide bonds. The normalized spacial score (nSPS) is 13.2. The molecule has 1 aliphatic rings. The Bertz CT molecular complexity index is 1240. The second kappa shape index (κ2) is 8.94. The van der Waals surface area contributed by atoms with Crippen molar-refractivity contribution in [2.45, 2.75) is 32.2 Å². The lowest BCUT2D eigenvalue weighted by Crippen LogP contribution is -2.36. The Morgan fingerprint density at radius 1 is 1.12 bits per heavy atom. The molecule has 7 nitrogen and oxygen atoms in total. The zero-order chi connectivity index (χ0) is 22.8. The SMILES string of the molecule is COc1cc2ncn(CCCC(=O)N3CCCc4c(F)cc(F)cc43)c(=O)c2cc1OC. The first-order chi connectivity index (χ1) is 15.4. The predicted molar refractivity (Wildman–Crippen MR) is 115 cm³/mol. The number of carbonyl (C=O) groups is 1. The van der Waals surface area contributed by atoms with Crippen LogP contribution < -0.4 is 19.9 Å². The Labute approximate surface area is 183 Å². The van der Waals surface area contributed by atoms with Gasteiger partial charge in [0.25, 0.3) is 5.56 Å². The number of rotatable bonds is 6. The van der Waals surface area contributed by atoms with Gasteiger partial charge in [0.1, 0.15) is 11.6 Å². The fourth-order valence-electron chi connectivity index (χ4n) is 4.05. The fourth-order valence-corrected chi connectivity index (χ4v) is 4.05. The molecule has 3 aromatic rings. The number of nitrogens with zero attached hydrogens (tertiary/aromatic N) is 3. The van der Waals surface area contributed by atoms with Crippen LogP contribution in [0.15, 0.2) is 35.4 Å². The number of fused-ring (bicyclic) bond motifs is 2. The number of methoxy groups -OCH3 is 2. The van der Waals surface area contributed by atoms with Gasteiger partial charge in [0, 0.05) is 37.2 Å². The standard InChI is InChI=1S/C23H23F2N3O4/c1-31-20-11-16-18(12-21(20)32-2)26-13-27(23(16)30)7-4-6-22(29)28-8-3-5-15-17(25)9-14(24)10-19(15)28/h9-13H,3-8H2,1-2H3. The maximum atomic E-state index is 14.1. The molecule has 0 bridgehead atoms. The van der Waals surface area contributed by atoms with Crippen molar-refractivity contribution < 1.29 is 23.0 Å². The molecule has 2 aromatic carbocycles. The molecule has 168 valence electrons. The van der Waals surface area contributed by atoms with Crippen LogP contribution in [0.5, 0.6) is 11.5 Å². The van der Waals surface area contributed by atoms with Gasteiger partial charge in [-0.05, 0) is 31.4 Å². The number of halogens is 2. The molecule has 0 spiro atoms. The van der Waals surface area contributed by atoms with Crippen LogP contribution in [0.25, 0.3) is 10.9 Å². The van der Waals surface area contributed by atoms with Crippen LogP contribution >= 0.6 is 0 Å². The molecule has 0 atom stereocenters. The fraction of sp³-hybridized carbons (Fsp3) is 0.348. The van der Waals surface area contributed by atoms with Crippen molar-refractivity contribution in [2.24, 2.45) is 0 Å². The molecule has 0 aliphatic carbocycles. The second-order valence-electron chi connectivity index (χ2n) is 7.61. The number of anilines is 1. The Morgan fingerprint density at radius 3 is 2.62 bits per heavy atom. The summed E-state index contributed by atoms with van der Waals surface area (Å²) < 4.78 is 39.7. The van der Waals surface area contributed by atoms with Crippen molar-refractivity contribution >= 4 is 22.5 Å². The Hall–Kier alpha value is -3.49. The first-order valence-corrected chi connectivity index (χ1v) is 10.3. The van der Waals surface area contributed by atoms with E-state index in [1.165, 1.54) is 36.1 Å². The van der Waals surface area contributed by atoms with E-state index in [1.54, 1.807) is 12.1 Å². The minimum absolute atomic E-state index is 0.133. The summed E-state index contributed by atoms with van der Waals surface area (Å²) in [5, 5.41) is 0.382. The van der Waals surface area contributed by atoms with E-state index in [9.17, 15) is 18.4 Å². The summed E-state index contributed by atoms with van der Waals surface area (Å²) in [6.45, 7) is 0.688. The molecule has 0 radical (unpaired) electrons. The molecule has 1 aliphatic heterocycles. The van der Waals surface area contributed by atoms with Crippen LogP contribution in [-0.4, -0.2) is 36.2 Å². The van der Waals surface area contributed by atoms with E-state index in [2.05, 4.69) is 4.98 Å². The van der Waals surface area contributed by atoms with Crippen molar-refractivity contribution in [1.29, 1.82) is 0 Å².